The quantitative estimate of drug-likeness (QED) is 0.265. The van der Waals surface area contributed by atoms with Crippen LogP contribution in [0, 0.1) is 0 Å². The van der Waals surface area contributed by atoms with E-state index in [1.165, 1.54) is 21.9 Å². The van der Waals surface area contributed by atoms with Gasteiger partial charge in [-0.2, -0.15) is 0 Å². The van der Waals surface area contributed by atoms with Crippen LogP contribution in [0.1, 0.15) is 0 Å². The van der Waals surface area contributed by atoms with Gasteiger partial charge in [0.15, 0.2) is 0 Å². The molecule has 0 radical (unpaired) electrons. The van der Waals surface area contributed by atoms with Crippen molar-refractivity contribution in [2.75, 3.05) is 0 Å². The van der Waals surface area contributed by atoms with Crippen molar-refractivity contribution < 1.29 is 4.42 Å². The normalized spacial score (nSPS) is 11.7. The molecule has 0 atom stereocenters. The fourth-order valence-electron chi connectivity index (χ4n) is 5.76. The lowest BCUT2D eigenvalue weighted by Gasteiger charge is -2.06. The van der Waals surface area contributed by atoms with E-state index in [-0.39, 0.29) is 0 Å². The Kier molecular flexibility index (Phi) is 4.55. The van der Waals surface area contributed by atoms with E-state index in [0.717, 1.165) is 55.2 Å². The number of aromatic nitrogens is 1. The van der Waals surface area contributed by atoms with E-state index in [0.29, 0.717) is 0 Å². The van der Waals surface area contributed by atoms with Gasteiger partial charge in [0.2, 0.25) is 0 Å². The Balaban J connectivity index is 1.29. The van der Waals surface area contributed by atoms with Gasteiger partial charge in [0.1, 0.15) is 11.2 Å². The van der Waals surface area contributed by atoms with Crippen LogP contribution in [0.4, 0.5) is 0 Å². The summed E-state index contributed by atoms with van der Waals surface area (Å²) in [6.07, 6.45) is 0. The molecule has 0 amide bonds. The lowest BCUT2D eigenvalue weighted by atomic mass is 9.98. The first-order valence-electron chi connectivity index (χ1n) is 12.9. The molecule has 0 saturated carbocycles. The first-order chi connectivity index (χ1) is 18.8. The van der Waals surface area contributed by atoms with Gasteiger partial charge in [-0.05, 0) is 40.5 Å². The lowest BCUT2D eigenvalue weighted by molar-refractivity contribution is 0.671. The van der Waals surface area contributed by atoms with Gasteiger partial charge in [-0.25, -0.2) is 0 Å². The Labute approximate surface area is 219 Å². The van der Waals surface area contributed by atoms with E-state index < -0.39 is 0 Å². The number of rotatable bonds is 3. The molecule has 0 aliphatic carbocycles. The molecule has 6 aromatic carbocycles. The minimum absolute atomic E-state index is 0.926. The number of hydrogen-bond acceptors (Lipinski definition) is 1. The summed E-state index contributed by atoms with van der Waals surface area (Å²) in [7, 11) is 0. The van der Waals surface area contributed by atoms with Crippen molar-refractivity contribution in [1.82, 2.24) is 4.98 Å². The summed E-state index contributed by atoms with van der Waals surface area (Å²) in [6, 6.07) is 47.2. The van der Waals surface area contributed by atoms with Crippen molar-refractivity contribution in [2.24, 2.45) is 0 Å². The third-order valence-electron chi connectivity index (χ3n) is 7.64. The second-order valence-electron chi connectivity index (χ2n) is 9.84. The molecule has 8 aromatic rings. The van der Waals surface area contributed by atoms with E-state index in [9.17, 15) is 0 Å². The maximum Gasteiger partial charge on any atom is 0.143 e. The zero-order valence-corrected chi connectivity index (χ0v) is 20.6. The number of H-pyrrole nitrogens is 1. The maximum atomic E-state index is 6.71. The summed E-state index contributed by atoms with van der Waals surface area (Å²) < 4.78 is 6.71. The third-order valence-corrected chi connectivity index (χ3v) is 7.64. The van der Waals surface area contributed by atoms with Gasteiger partial charge in [-0.1, -0.05) is 115 Å². The predicted octanol–water partition coefficient (Wildman–Crippen LogP) is 10.2. The molecule has 2 heteroatoms. The summed E-state index contributed by atoms with van der Waals surface area (Å²) in [5.74, 6) is 0. The summed E-state index contributed by atoms with van der Waals surface area (Å²) in [4.78, 5) is 3.53. The van der Waals surface area contributed by atoms with Crippen molar-refractivity contribution in [1.29, 1.82) is 0 Å². The topological polar surface area (TPSA) is 28.9 Å². The third kappa shape index (κ3) is 3.21. The van der Waals surface area contributed by atoms with E-state index in [1.807, 2.05) is 6.07 Å². The Hall–Kier alpha value is -5.08. The summed E-state index contributed by atoms with van der Waals surface area (Å²) in [5.41, 5.74) is 11.1. The number of aromatic amines is 1. The van der Waals surface area contributed by atoms with Crippen LogP contribution in [0.3, 0.4) is 0 Å². The van der Waals surface area contributed by atoms with Crippen LogP contribution in [-0.2, 0) is 0 Å². The molecule has 0 saturated heterocycles. The lowest BCUT2D eigenvalue weighted by Crippen LogP contribution is -1.81. The highest BCUT2D eigenvalue weighted by Gasteiger charge is 2.16. The zero-order valence-electron chi connectivity index (χ0n) is 20.6. The standard InChI is InChI=1S/C36H23NO/c1-2-8-23(9-3-1)24-16-18-25(19-17-24)27-11-6-13-30-31-14-7-12-28(36(31)38-35(27)30)26-20-21-34-32(22-26)29-10-4-5-15-33(29)37-34/h1-22,37H. The Morgan fingerprint density at radius 3 is 1.68 bits per heavy atom. The molecule has 0 unspecified atom stereocenters. The second-order valence-corrected chi connectivity index (χ2v) is 9.84. The Morgan fingerprint density at radius 2 is 0.921 bits per heavy atom. The van der Waals surface area contributed by atoms with Crippen molar-refractivity contribution in [3.8, 4) is 33.4 Å². The van der Waals surface area contributed by atoms with Crippen LogP contribution in [0.25, 0.3) is 77.1 Å². The molecule has 0 aliphatic heterocycles. The molecule has 2 aromatic heterocycles. The van der Waals surface area contributed by atoms with Gasteiger partial charge < -0.3 is 9.40 Å². The zero-order chi connectivity index (χ0) is 25.1. The summed E-state index contributed by atoms with van der Waals surface area (Å²) in [6.45, 7) is 0. The smallest absolute Gasteiger partial charge is 0.143 e. The molecule has 0 fully saturated rings. The fourth-order valence-corrected chi connectivity index (χ4v) is 5.76. The number of benzene rings is 6. The summed E-state index contributed by atoms with van der Waals surface area (Å²) in [5, 5.41) is 4.74. The SMILES string of the molecule is c1ccc(-c2ccc(-c3cccc4c3oc3c(-c5ccc6[nH]c7ccccc7c6c5)cccc34)cc2)cc1. The Bertz CT molecular complexity index is 2110. The minimum Gasteiger partial charge on any atom is -0.455 e. The van der Waals surface area contributed by atoms with Gasteiger partial charge >= 0.3 is 0 Å². The molecule has 0 bridgehead atoms. The van der Waals surface area contributed by atoms with Crippen LogP contribution in [0.5, 0.6) is 0 Å². The highest BCUT2D eigenvalue weighted by molar-refractivity contribution is 6.14. The second kappa shape index (κ2) is 8.22. The van der Waals surface area contributed by atoms with Crippen molar-refractivity contribution in [3.05, 3.63) is 133 Å². The fraction of sp³-hybridized carbons (Fsp3) is 0. The molecule has 0 spiro atoms. The predicted molar refractivity (Wildman–Crippen MR) is 159 cm³/mol. The van der Waals surface area contributed by atoms with Gasteiger partial charge in [0.05, 0.1) is 0 Å². The highest BCUT2D eigenvalue weighted by atomic mass is 16.3. The molecule has 2 nitrogen and oxygen atoms in total. The number of para-hydroxylation sites is 3. The molecule has 8 rings (SSSR count). The number of fused-ring (bicyclic) bond motifs is 6. The number of hydrogen-bond donors (Lipinski definition) is 1. The monoisotopic (exact) mass is 485 g/mol. The average molecular weight is 486 g/mol. The minimum atomic E-state index is 0.926. The molecule has 178 valence electrons. The first kappa shape index (κ1) is 21.0. The number of furan rings is 1. The van der Waals surface area contributed by atoms with Crippen LogP contribution in [-0.4, -0.2) is 4.98 Å². The van der Waals surface area contributed by atoms with Crippen molar-refractivity contribution in [3.63, 3.8) is 0 Å². The number of nitrogens with one attached hydrogen (secondary N) is 1. The van der Waals surface area contributed by atoms with Crippen molar-refractivity contribution >= 4 is 43.7 Å². The van der Waals surface area contributed by atoms with Crippen molar-refractivity contribution in [2.45, 2.75) is 0 Å². The maximum absolute atomic E-state index is 6.71. The van der Waals surface area contributed by atoms with Crippen LogP contribution < -0.4 is 0 Å². The van der Waals surface area contributed by atoms with Crippen LogP contribution in [0.2, 0.25) is 0 Å². The average Bonchev–Trinajstić information content (AvgIpc) is 3.56. The van der Waals surface area contributed by atoms with E-state index in [1.54, 1.807) is 0 Å². The molecule has 0 aliphatic rings. The summed E-state index contributed by atoms with van der Waals surface area (Å²) >= 11 is 0. The van der Waals surface area contributed by atoms with Gasteiger partial charge in [0.25, 0.3) is 0 Å². The molecule has 2 heterocycles. The molecular formula is C36H23NO. The molecular weight excluding hydrogens is 462 g/mol. The van der Waals surface area contributed by atoms with Gasteiger partial charge in [-0.3, -0.25) is 0 Å². The molecule has 1 N–H and O–H groups in total. The van der Waals surface area contributed by atoms with Crippen LogP contribution in [0.15, 0.2) is 138 Å². The van der Waals surface area contributed by atoms with E-state index in [4.69, 9.17) is 4.42 Å². The molecule has 38 heavy (non-hydrogen) atoms. The largest absolute Gasteiger partial charge is 0.455 e. The van der Waals surface area contributed by atoms with E-state index in [2.05, 4.69) is 132 Å². The first-order valence-corrected chi connectivity index (χ1v) is 12.9. The van der Waals surface area contributed by atoms with Crippen LogP contribution >= 0.6 is 0 Å². The van der Waals surface area contributed by atoms with E-state index >= 15 is 0 Å². The highest BCUT2D eigenvalue weighted by Crippen LogP contribution is 2.41. The van der Waals surface area contributed by atoms with Gasteiger partial charge in [-0.15, -0.1) is 0 Å². The van der Waals surface area contributed by atoms with Gasteiger partial charge in [0, 0.05) is 43.7 Å². The Morgan fingerprint density at radius 1 is 0.368 bits per heavy atom.